The Labute approximate surface area is 210 Å². The summed E-state index contributed by atoms with van der Waals surface area (Å²) in [7, 11) is 1.49. The summed E-state index contributed by atoms with van der Waals surface area (Å²) in [6.45, 7) is 0. The van der Waals surface area contributed by atoms with Crippen LogP contribution in [0, 0.1) is 26.1 Å². The predicted molar refractivity (Wildman–Crippen MR) is 136 cm³/mol. The number of anilines is 1. The maximum atomic E-state index is 11.6. The number of hydrogen-bond donors (Lipinski definition) is 1. The molecular weight excluding hydrogens is 490 g/mol. The number of benzene rings is 3. The van der Waals surface area contributed by atoms with Crippen LogP contribution in [0.3, 0.4) is 0 Å². The maximum absolute atomic E-state index is 11.6. The molecule has 0 aromatic heterocycles. The van der Waals surface area contributed by atoms with Crippen molar-refractivity contribution >= 4 is 40.4 Å². The van der Waals surface area contributed by atoms with Crippen molar-refractivity contribution in [2.24, 2.45) is 5.92 Å². The molecule has 3 aromatic rings. The van der Waals surface area contributed by atoms with Crippen molar-refractivity contribution in [2.45, 2.75) is 33.9 Å². The fourth-order valence-corrected chi connectivity index (χ4v) is 7.24. The molecule has 1 heterocycles. The quantitative estimate of drug-likeness (QED) is 0.227. The van der Waals surface area contributed by atoms with Gasteiger partial charge in [0.05, 0.1) is 45.0 Å². The Morgan fingerprint density at radius 1 is 1.03 bits per heavy atom. The Morgan fingerprint density at radius 2 is 1.74 bits per heavy atom. The average molecular weight is 512 g/mol. The lowest BCUT2D eigenvalue weighted by Crippen LogP contribution is -2.31. The number of halogens is 1. The molecule has 0 amide bonds. The van der Waals surface area contributed by atoms with Crippen LogP contribution < -0.4 is 10.1 Å². The summed E-state index contributed by atoms with van der Waals surface area (Å²) >= 11 is 8.52. The molecule has 0 unspecified atom stereocenters. The Balaban J connectivity index is 1.60. The van der Waals surface area contributed by atoms with Gasteiger partial charge in [0.15, 0.2) is 0 Å². The number of nitrogens with zero attached hydrogens (tertiary/aromatic N) is 2. The van der Waals surface area contributed by atoms with E-state index in [0.717, 1.165) is 11.1 Å². The minimum Gasteiger partial charge on any atom is -0.494 e. The molecule has 8 nitrogen and oxygen atoms in total. The zero-order chi connectivity index (χ0) is 24.7. The molecule has 1 N–H and O–H groups in total. The third-order valence-electron chi connectivity index (χ3n) is 6.80. The SMILES string of the molecule is COc1cc([N+](=O)[O-])cc2c1N[C@@H](c1ccccc1)[C@H]1C[C@@H](Sc3ccccc3[N+](=O)[O-])[C@@H](Cl)[C@H]21. The second-order valence-corrected chi connectivity index (χ2v) is 10.4. The van der Waals surface area contributed by atoms with Gasteiger partial charge in [-0.1, -0.05) is 42.5 Å². The first-order valence-electron chi connectivity index (χ1n) is 11.1. The van der Waals surface area contributed by atoms with E-state index in [2.05, 4.69) is 5.32 Å². The number of rotatable bonds is 6. The number of nitro groups is 2. The molecule has 0 saturated heterocycles. The number of thioether (sulfide) groups is 1. The van der Waals surface area contributed by atoms with Gasteiger partial charge in [0.25, 0.3) is 11.4 Å². The highest BCUT2D eigenvalue weighted by Gasteiger charge is 2.51. The fraction of sp³-hybridized carbons (Fsp3) is 0.280. The van der Waals surface area contributed by atoms with Crippen LogP contribution in [0.25, 0.3) is 0 Å². The normalized spacial score (nSPS) is 24.7. The summed E-state index contributed by atoms with van der Waals surface area (Å²) in [5.74, 6) is 0.221. The Morgan fingerprint density at radius 3 is 2.43 bits per heavy atom. The number of nitrogens with one attached hydrogen (secondary N) is 1. The van der Waals surface area contributed by atoms with Crippen LogP contribution in [-0.4, -0.2) is 27.6 Å². The van der Waals surface area contributed by atoms with Gasteiger partial charge in [-0.3, -0.25) is 20.2 Å². The Kier molecular flexibility index (Phi) is 6.29. The van der Waals surface area contributed by atoms with Crippen LogP contribution in [-0.2, 0) is 0 Å². The van der Waals surface area contributed by atoms with Crippen LogP contribution in [0.4, 0.5) is 17.1 Å². The lowest BCUT2D eigenvalue weighted by atomic mass is 9.77. The van der Waals surface area contributed by atoms with Crippen LogP contribution in [0.5, 0.6) is 5.75 Å². The number of non-ortho nitro benzene ring substituents is 1. The second-order valence-electron chi connectivity index (χ2n) is 8.65. The van der Waals surface area contributed by atoms with Crippen molar-refractivity contribution in [1.29, 1.82) is 0 Å². The molecular formula is C25H22ClN3O5S. The molecule has 1 saturated carbocycles. The van der Waals surface area contributed by atoms with Crippen LogP contribution in [0.15, 0.2) is 71.6 Å². The van der Waals surface area contributed by atoms with Gasteiger partial charge >= 0.3 is 0 Å². The molecule has 0 bridgehead atoms. The van der Waals surface area contributed by atoms with E-state index in [0.29, 0.717) is 22.8 Å². The van der Waals surface area contributed by atoms with E-state index in [1.807, 2.05) is 30.3 Å². The lowest BCUT2D eigenvalue weighted by molar-refractivity contribution is -0.387. The Hall–Kier alpha value is -3.30. The molecule has 5 rings (SSSR count). The standard InChI is InChI=1S/C25H22ClN3O5S/c1-34-19-12-15(28(30)31)11-16-22-17(24(27-25(16)19)14-7-3-2-4-8-14)13-21(23(22)26)35-20-10-6-5-9-18(20)29(32)33/h2-12,17,21-24,27H,13H2,1H3/t17-,21+,22+,23+,24-/m0/s1. The van der Waals surface area contributed by atoms with E-state index in [1.54, 1.807) is 24.3 Å². The highest BCUT2D eigenvalue weighted by atomic mass is 35.5. The van der Waals surface area contributed by atoms with Gasteiger partial charge in [-0.2, -0.15) is 0 Å². The molecule has 180 valence electrons. The topological polar surface area (TPSA) is 108 Å². The van der Waals surface area contributed by atoms with Gasteiger partial charge in [-0.05, 0) is 29.5 Å². The number of nitro benzene ring substituents is 2. The third-order valence-corrected chi connectivity index (χ3v) is 8.91. The van der Waals surface area contributed by atoms with Gasteiger partial charge in [-0.15, -0.1) is 23.4 Å². The molecule has 0 radical (unpaired) electrons. The van der Waals surface area contributed by atoms with E-state index in [-0.39, 0.29) is 39.4 Å². The summed E-state index contributed by atoms with van der Waals surface area (Å²) in [6.07, 6.45) is 0.687. The number of para-hydroxylation sites is 1. The molecule has 5 atom stereocenters. The summed E-state index contributed by atoms with van der Waals surface area (Å²) < 4.78 is 5.55. The van der Waals surface area contributed by atoms with E-state index < -0.39 is 10.3 Å². The summed E-state index contributed by atoms with van der Waals surface area (Å²) in [6, 6.07) is 19.5. The summed E-state index contributed by atoms with van der Waals surface area (Å²) in [4.78, 5) is 23.0. The lowest BCUT2D eigenvalue weighted by Gasteiger charge is -2.38. The highest BCUT2D eigenvalue weighted by Crippen LogP contribution is 2.59. The van der Waals surface area contributed by atoms with Crippen LogP contribution in [0.1, 0.15) is 29.5 Å². The highest BCUT2D eigenvalue weighted by molar-refractivity contribution is 8.00. The second kappa shape index (κ2) is 9.39. The smallest absolute Gasteiger partial charge is 0.282 e. The zero-order valence-electron chi connectivity index (χ0n) is 18.7. The third kappa shape index (κ3) is 4.19. The summed E-state index contributed by atoms with van der Waals surface area (Å²) in [5.41, 5.74) is 2.52. The van der Waals surface area contributed by atoms with Crippen molar-refractivity contribution in [3.8, 4) is 5.75 Å². The number of fused-ring (bicyclic) bond motifs is 3. The van der Waals surface area contributed by atoms with Crippen molar-refractivity contribution in [3.05, 3.63) is 98.1 Å². The molecule has 3 aromatic carbocycles. The first-order valence-corrected chi connectivity index (χ1v) is 12.4. The van der Waals surface area contributed by atoms with E-state index >= 15 is 0 Å². The van der Waals surface area contributed by atoms with Gasteiger partial charge < -0.3 is 10.1 Å². The monoisotopic (exact) mass is 511 g/mol. The molecule has 1 fully saturated rings. The van der Waals surface area contributed by atoms with Gasteiger partial charge in [0.1, 0.15) is 5.75 Å². The van der Waals surface area contributed by atoms with Gasteiger partial charge in [0, 0.05) is 23.3 Å². The van der Waals surface area contributed by atoms with Crippen LogP contribution >= 0.6 is 23.4 Å². The van der Waals surface area contributed by atoms with E-state index in [9.17, 15) is 20.2 Å². The predicted octanol–water partition coefficient (Wildman–Crippen LogP) is 6.55. The minimum atomic E-state index is -0.432. The average Bonchev–Trinajstić information content (AvgIpc) is 3.19. The minimum absolute atomic E-state index is 0.0272. The van der Waals surface area contributed by atoms with Crippen molar-refractivity contribution in [1.82, 2.24) is 0 Å². The molecule has 2 aliphatic rings. The van der Waals surface area contributed by atoms with Crippen molar-refractivity contribution in [2.75, 3.05) is 12.4 Å². The first kappa shape index (κ1) is 23.4. The van der Waals surface area contributed by atoms with Gasteiger partial charge in [0.2, 0.25) is 0 Å². The molecule has 1 aliphatic carbocycles. The number of methoxy groups -OCH3 is 1. The first-order chi connectivity index (χ1) is 16.9. The van der Waals surface area contributed by atoms with Gasteiger partial charge in [-0.25, -0.2) is 0 Å². The van der Waals surface area contributed by atoms with Crippen LogP contribution in [0.2, 0.25) is 0 Å². The molecule has 35 heavy (non-hydrogen) atoms. The molecule has 0 spiro atoms. The molecule has 1 aliphatic heterocycles. The van der Waals surface area contributed by atoms with Crippen molar-refractivity contribution in [3.63, 3.8) is 0 Å². The number of hydrogen-bond acceptors (Lipinski definition) is 7. The Bertz CT molecular complexity index is 1290. The summed E-state index contributed by atoms with van der Waals surface area (Å²) in [5, 5.41) is 26.3. The zero-order valence-corrected chi connectivity index (χ0v) is 20.2. The number of alkyl halides is 1. The van der Waals surface area contributed by atoms with E-state index in [1.165, 1.54) is 31.0 Å². The van der Waals surface area contributed by atoms with E-state index in [4.69, 9.17) is 16.3 Å². The molecule has 10 heteroatoms. The van der Waals surface area contributed by atoms with Crippen molar-refractivity contribution < 1.29 is 14.6 Å². The number of ether oxygens (including phenoxy) is 1. The largest absolute Gasteiger partial charge is 0.494 e. The fourth-order valence-electron chi connectivity index (χ4n) is 5.30. The maximum Gasteiger partial charge on any atom is 0.282 e.